The molecule has 1 N–H and O–H groups in total. The minimum absolute atomic E-state index is 0.0968. The molecular formula is C18H28FN. The van der Waals surface area contributed by atoms with Crippen molar-refractivity contribution < 1.29 is 4.39 Å². The average Bonchev–Trinajstić information content (AvgIpc) is 2.42. The maximum Gasteiger partial charge on any atom is 0.123 e. The molecule has 0 amide bonds. The topological polar surface area (TPSA) is 12.0 Å². The first-order valence-corrected chi connectivity index (χ1v) is 7.93. The summed E-state index contributed by atoms with van der Waals surface area (Å²) in [6, 6.07) is 5.28. The molecule has 112 valence electrons. The Hall–Kier alpha value is -0.890. The van der Waals surface area contributed by atoms with Crippen LogP contribution in [0.3, 0.4) is 0 Å². The quantitative estimate of drug-likeness (QED) is 0.854. The van der Waals surface area contributed by atoms with Gasteiger partial charge in [-0.25, -0.2) is 4.39 Å². The van der Waals surface area contributed by atoms with Gasteiger partial charge in [-0.15, -0.1) is 0 Å². The van der Waals surface area contributed by atoms with Crippen LogP contribution in [0.25, 0.3) is 0 Å². The molecule has 1 fully saturated rings. The highest BCUT2D eigenvalue weighted by Gasteiger charge is 2.33. The first-order valence-electron chi connectivity index (χ1n) is 7.93. The zero-order valence-electron chi connectivity index (χ0n) is 13.2. The van der Waals surface area contributed by atoms with Crippen molar-refractivity contribution in [2.24, 2.45) is 17.8 Å². The molecule has 0 heterocycles. The number of nitrogens with one attached hydrogen (secondary N) is 1. The van der Waals surface area contributed by atoms with Gasteiger partial charge in [0, 0.05) is 0 Å². The summed E-state index contributed by atoms with van der Waals surface area (Å²) in [4.78, 5) is 0. The van der Waals surface area contributed by atoms with Crippen LogP contribution in [-0.4, -0.2) is 13.6 Å². The van der Waals surface area contributed by atoms with Crippen molar-refractivity contribution >= 4 is 0 Å². The number of halogens is 1. The number of hydrogen-bond donors (Lipinski definition) is 1. The second-order valence-corrected chi connectivity index (χ2v) is 6.74. The van der Waals surface area contributed by atoms with E-state index in [1.165, 1.54) is 30.4 Å². The zero-order chi connectivity index (χ0) is 14.7. The van der Waals surface area contributed by atoms with E-state index in [0.717, 1.165) is 18.4 Å². The SMILES string of the molecule is CNCC1CCC(C(C)C)CC1c1cc(F)ccc1C. The van der Waals surface area contributed by atoms with Crippen molar-refractivity contribution in [2.45, 2.75) is 46.0 Å². The van der Waals surface area contributed by atoms with E-state index in [1.807, 2.05) is 13.1 Å². The molecule has 0 radical (unpaired) electrons. The van der Waals surface area contributed by atoms with E-state index < -0.39 is 0 Å². The van der Waals surface area contributed by atoms with Crippen molar-refractivity contribution in [3.8, 4) is 0 Å². The minimum atomic E-state index is -0.0968. The van der Waals surface area contributed by atoms with Crippen molar-refractivity contribution in [1.29, 1.82) is 0 Å². The highest BCUT2D eigenvalue weighted by molar-refractivity contribution is 5.31. The Balaban J connectivity index is 2.28. The largest absolute Gasteiger partial charge is 0.319 e. The molecule has 1 saturated carbocycles. The standard InChI is InChI=1S/C18H28FN/c1-12(2)14-6-7-15(11-20-4)18(9-14)17-10-16(19)8-5-13(17)3/h5,8,10,12,14-15,18,20H,6-7,9,11H2,1-4H3. The third-order valence-electron chi connectivity index (χ3n) is 5.08. The lowest BCUT2D eigenvalue weighted by atomic mass is 9.67. The maximum atomic E-state index is 13.7. The van der Waals surface area contributed by atoms with Crippen molar-refractivity contribution in [1.82, 2.24) is 5.32 Å². The van der Waals surface area contributed by atoms with Gasteiger partial charge >= 0.3 is 0 Å². The van der Waals surface area contributed by atoms with Gasteiger partial charge in [-0.2, -0.15) is 0 Å². The first-order chi connectivity index (χ1) is 9.52. The van der Waals surface area contributed by atoms with E-state index in [0.29, 0.717) is 11.8 Å². The maximum absolute atomic E-state index is 13.7. The van der Waals surface area contributed by atoms with Crippen LogP contribution in [0.1, 0.15) is 50.2 Å². The van der Waals surface area contributed by atoms with E-state index in [-0.39, 0.29) is 5.82 Å². The molecule has 20 heavy (non-hydrogen) atoms. The Morgan fingerprint density at radius 3 is 2.70 bits per heavy atom. The van der Waals surface area contributed by atoms with E-state index in [9.17, 15) is 4.39 Å². The lowest BCUT2D eigenvalue weighted by molar-refractivity contribution is 0.192. The van der Waals surface area contributed by atoms with Crippen LogP contribution < -0.4 is 5.32 Å². The first kappa shape index (κ1) is 15.5. The fraction of sp³-hybridized carbons (Fsp3) is 0.667. The van der Waals surface area contributed by atoms with E-state index in [1.54, 1.807) is 12.1 Å². The Kier molecular flexibility index (Phi) is 5.20. The number of rotatable bonds is 4. The van der Waals surface area contributed by atoms with Gasteiger partial charge in [0.15, 0.2) is 0 Å². The van der Waals surface area contributed by atoms with Gasteiger partial charge in [0.1, 0.15) is 5.82 Å². The summed E-state index contributed by atoms with van der Waals surface area (Å²) in [5, 5.41) is 3.32. The molecular weight excluding hydrogens is 249 g/mol. The van der Waals surface area contributed by atoms with Gasteiger partial charge in [0.05, 0.1) is 0 Å². The van der Waals surface area contributed by atoms with E-state index >= 15 is 0 Å². The third-order valence-corrected chi connectivity index (χ3v) is 5.08. The van der Waals surface area contributed by atoms with Crippen LogP contribution in [0.5, 0.6) is 0 Å². The van der Waals surface area contributed by atoms with Crippen molar-refractivity contribution in [3.63, 3.8) is 0 Å². The van der Waals surface area contributed by atoms with Gasteiger partial charge < -0.3 is 5.32 Å². The van der Waals surface area contributed by atoms with E-state index in [2.05, 4.69) is 26.1 Å². The van der Waals surface area contributed by atoms with Crippen LogP contribution in [0.15, 0.2) is 18.2 Å². The molecule has 0 bridgehead atoms. The van der Waals surface area contributed by atoms with Crippen LogP contribution in [0.4, 0.5) is 4.39 Å². The van der Waals surface area contributed by atoms with Crippen LogP contribution in [0.2, 0.25) is 0 Å². The lowest BCUT2D eigenvalue weighted by Crippen LogP contribution is -2.32. The van der Waals surface area contributed by atoms with Gasteiger partial charge in [-0.3, -0.25) is 0 Å². The second-order valence-electron chi connectivity index (χ2n) is 6.74. The van der Waals surface area contributed by atoms with Gasteiger partial charge in [0.25, 0.3) is 0 Å². The molecule has 3 unspecified atom stereocenters. The van der Waals surface area contributed by atoms with Gasteiger partial charge in [-0.05, 0) is 86.7 Å². The molecule has 2 rings (SSSR count). The zero-order valence-corrected chi connectivity index (χ0v) is 13.2. The fourth-order valence-electron chi connectivity index (χ4n) is 3.77. The number of aryl methyl sites for hydroxylation is 1. The van der Waals surface area contributed by atoms with E-state index in [4.69, 9.17) is 0 Å². The average molecular weight is 277 g/mol. The smallest absolute Gasteiger partial charge is 0.123 e. The van der Waals surface area contributed by atoms with Crippen LogP contribution in [-0.2, 0) is 0 Å². The van der Waals surface area contributed by atoms with Crippen molar-refractivity contribution in [3.05, 3.63) is 35.1 Å². The monoisotopic (exact) mass is 277 g/mol. The Morgan fingerprint density at radius 2 is 2.05 bits per heavy atom. The molecule has 3 atom stereocenters. The van der Waals surface area contributed by atoms with Crippen LogP contribution in [0, 0.1) is 30.5 Å². The third kappa shape index (κ3) is 3.41. The summed E-state index contributed by atoms with van der Waals surface area (Å²) in [7, 11) is 2.02. The highest BCUT2D eigenvalue weighted by Crippen LogP contribution is 2.43. The molecule has 1 nitrogen and oxygen atoms in total. The summed E-state index contributed by atoms with van der Waals surface area (Å²) >= 11 is 0. The predicted molar refractivity (Wildman–Crippen MR) is 83.5 cm³/mol. The molecule has 0 spiro atoms. The summed E-state index contributed by atoms with van der Waals surface area (Å²) in [6.45, 7) is 7.78. The Morgan fingerprint density at radius 1 is 1.30 bits per heavy atom. The fourth-order valence-corrected chi connectivity index (χ4v) is 3.77. The molecule has 1 aliphatic rings. The molecule has 0 saturated heterocycles. The minimum Gasteiger partial charge on any atom is -0.319 e. The van der Waals surface area contributed by atoms with Crippen LogP contribution >= 0.6 is 0 Å². The Labute approximate surface area is 123 Å². The summed E-state index contributed by atoms with van der Waals surface area (Å²) in [5.41, 5.74) is 2.47. The molecule has 1 aliphatic carbocycles. The molecule has 2 heteroatoms. The molecule has 0 aromatic heterocycles. The molecule has 0 aliphatic heterocycles. The summed E-state index contributed by atoms with van der Waals surface area (Å²) < 4.78 is 13.7. The molecule has 1 aromatic rings. The van der Waals surface area contributed by atoms with Gasteiger partial charge in [0.2, 0.25) is 0 Å². The number of benzene rings is 1. The lowest BCUT2D eigenvalue weighted by Gasteiger charge is -2.39. The Bertz CT molecular complexity index is 441. The summed E-state index contributed by atoms with van der Waals surface area (Å²) in [5.74, 6) is 2.54. The predicted octanol–water partition coefficient (Wildman–Crippen LogP) is 4.51. The number of hydrogen-bond acceptors (Lipinski definition) is 1. The normalized spacial score (nSPS) is 27.0. The second kappa shape index (κ2) is 6.71. The van der Waals surface area contributed by atoms with Gasteiger partial charge in [-0.1, -0.05) is 19.9 Å². The summed E-state index contributed by atoms with van der Waals surface area (Å²) in [6.07, 6.45) is 3.77. The molecule has 1 aromatic carbocycles. The van der Waals surface area contributed by atoms with Crippen molar-refractivity contribution in [2.75, 3.05) is 13.6 Å². The highest BCUT2D eigenvalue weighted by atomic mass is 19.1.